The van der Waals surface area contributed by atoms with Crippen molar-refractivity contribution >= 4 is 35.2 Å². The van der Waals surface area contributed by atoms with E-state index in [0.717, 1.165) is 49.4 Å². The Kier molecular flexibility index (Phi) is 5.95. The molecule has 0 spiro atoms. The maximum Gasteiger partial charge on any atom is 0.255 e. The predicted molar refractivity (Wildman–Crippen MR) is 133 cm³/mol. The van der Waals surface area contributed by atoms with Crippen LogP contribution in [-0.4, -0.2) is 29.8 Å². The summed E-state index contributed by atoms with van der Waals surface area (Å²) in [5, 5.41) is 12.8. The number of benzene rings is 2. The molecule has 2 amide bonds. The maximum atomic E-state index is 12.9. The number of likely N-dealkylation sites (tertiary alicyclic amines) is 1. The van der Waals surface area contributed by atoms with Crippen LogP contribution >= 0.6 is 11.6 Å². The normalized spacial score (nSPS) is 22.8. The lowest BCUT2D eigenvalue weighted by atomic mass is 9.43. The third kappa shape index (κ3) is 4.48. The molecule has 1 aliphatic heterocycles. The Morgan fingerprint density at radius 1 is 1.21 bits per heavy atom. The smallest absolute Gasteiger partial charge is 0.255 e. The van der Waals surface area contributed by atoms with Crippen molar-refractivity contribution < 1.29 is 9.59 Å². The highest BCUT2D eigenvalue weighted by Gasteiger charge is 2.57. The first-order valence-corrected chi connectivity index (χ1v) is 12.3. The van der Waals surface area contributed by atoms with Gasteiger partial charge in [0.15, 0.2) is 0 Å². The van der Waals surface area contributed by atoms with E-state index in [0.29, 0.717) is 33.2 Å². The summed E-state index contributed by atoms with van der Waals surface area (Å²) in [5.41, 5.74) is 4.91. The second kappa shape index (κ2) is 8.92. The van der Waals surface area contributed by atoms with E-state index in [9.17, 15) is 9.59 Å². The number of carbonyl (C=O) groups is 2. The van der Waals surface area contributed by atoms with Gasteiger partial charge in [-0.2, -0.15) is 5.26 Å². The van der Waals surface area contributed by atoms with Crippen LogP contribution in [0, 0.1) is 29.6 Å². The number of nitrogens with zero attached hydrogens (tertiary/aromatic N) is 2. The highest BCUT2D eigenvalue weighted by atomic mass is 35.5. The number of carbonyl (C=O) groups excluding carboxylic acids is 2. The molecule has 0 aromatic heterocycles. The van der Waals surface area contributed by atoms with Crippen LogP contribution in [0.4, 0.5) is 5.69 Å². The number of nitrogens with one attached hydrogen (secondary N) is 1. The van der Waals surface area contributed by atoms with Crippen molar-refractivity contribution in [3.8, 4) is 6.07 Å². The first-order valence-electron chi connectivity index (χ1n) is 11.9. The van der Waals surface area contributed by atoms with Crippen LogP contribution in [-0.2, 0) is 4.79 Å². The minimum atomic E-state index is -0.267. The van der Waals surface area contributed by atoms with E-state index >= 15 is 0 Å². The van der Waals surface area contributed by atoms with E-state index in [-0.39, 0.29) is 5.91 Å². The first kappa shape index (κ1) is 22.7. The Labute approximate surface area is 205 Å². The summed E-state index contributed by atoms with van der Waals surface area (Å²) in [5.74, 6) is 0.939. The molecule has 174 valence electrons. The summed E-state index contributed by atoms with van der Waals surface area (Å²) >= 11 is 6.35. The van der Waals surface area contributed by atoms with Gasteiger partial charge < -0.3 is 10.2 Å². The van der Waals surface area contributed by atoms with Crippen molar-refractivity contribution in [3.63, 3.8) is 0 Å². The SMILES string of the molecule is Cc1cc(Cl)cc(C=C2CCN(C(=O)CC34CC(C3)C4)CC2)c1NC(=O)c1cccc(C#N)c1. The molecule has 2 bridgehead atoms. The van der Waals surface area contributed by atoms with Crippen LogP contribution in [0.5, 0.6) is 0 Å². The number of amides is 2. The van der Waals surface area contributed by atoms with Gasteiger partial charge in [0.25, 0.3) is 5.91 Å². The van der Waals surface area contributed by atoms with E-state index in [2.05, 4.69) is 17.5 Å². The standard InChI is InChI=1S/C28H28ClN3O2/c1-18-9-24(29)12-23(26(18)31-27(34)22-4-2-3-20(11-22)17-30)10-19-5-7-32(8-6-19)25(33)16-28-13-21(14-28)15-28/h2-4,9-12,21H,5-8,13-16H2,1H3,(H,31,34). The average Bonchev–Trinajstić information content (AvgIpc) is 2.78. The number of nitriles is 1. The number of halogens is 1. The average molecular weight is 474 g/mol. The Bertz CT molecular complexity index is 1220. The molecule has 6 rings (SSSR count). The number of aryl methyl sites for hydroxylation is 1. The lowest BCUT2D eigenvalue weighted by Gasteiger charge is -2.62. The largest absolute Gasteiger partial charge is 0.342 e. The summed E-state index contributed by atoms with van der Waals surface area (Å²) < 4.78 is 0. The molecule has 1 N–H and O–H groups in total. The topological polar surface area (TPSA) is 73.2 Å². The molecule has 6 heteroatoms. The number of hydrogen-bond donors (Lipinski definition) is 1. The lowest BCUT2D eigenvalue weighted by molar-refractivity contribution is -0.153. The third-order valence-electron chi connectivity index (χ3n) is 7.63. The monoisotopic (exact) mass is 473 g/mol. The molecule has 2 aromatic carbocycles. The highest BCUT2D eigenvalue weighted by Crippen LogP contribution is 2.66. The molecule has 3 aliphatic carbocycles. The van der Waals surface area contributed by atoms with Crippen molar-refractivity contribution in [3.05, 3.63) is 69.2 Å². The van der Waals surface area contributed by atoms with Crippen LogP contribution in [0.2, 0.25) is 5.02 Å². The Hall–Kier alpha value is -3.10. The predicted octanol–water partition coefficient (Wildman–Crippen LogP) is 5.97. The van der Waals surface area contributed by atoms with Crippen LogP contribution in [0.15, 0.2) is 42.0 Å². The van der Waals surface area contributed by atoms with Gasteiger partial charge in [-0.25, -0.2) is 0 Å². The van der Waals surface area contributed by atoms with Crippen LogP contribution < -0.4 is 5.32 Å². The molecule has 0 atom stereocenters. The molecule has 3 saturated carbocycles. The van der Waals surface area contributed by atoms with Crippen molar-refractivity contribution in [2.24, 2.45) is 11.3 Å². The zero-order chi connectivity index (χ0) is 23.9. The molecule has 0 radical (unpaired) electrons. The zero-order valence-corrected chi connectivity index (χ0v) is 20.1. The fraction of sp³-hybridized carbons (Fsp3) is 0.393. The van der Waals surface area contributed by atoms with E-state index in [1.165, 1.54) is 24.8 Å². The van der Waals surface area contributed by atoms with E-state index < -0.39 is 0 Å². The summed E-state index contributed by atoms with van der Waals surface area (Å²) in [6, 6.07) is 12.4. The van der Waals surface area contributed by atoms with Crippen LogP contribution in [0.1, 0.15) is 65.6 Å². The Morgan fingerprint density at radius 2 is 1.94 bits per heavy atom. The fourth-order valence-corrected chi connectivity index (χ4v) is 5.96. The quantitative estimate of drug-likeness (QED) is 0.581. The first-order chi connectivity index (χ1) is 16.3. The van der Waals surface area contributed by atoms with Gasteiger partial charge in [0, 0.05) is 30.1 Å². The van der Waals surface area contributed by atoms with Gasteiger partial charge in [0.1, 0.15) is 0 Å². The van der Waals surface area contributed by atoms with Crippen LogP contribution in [0.25, 0.3) is 6.08 Å². The summed E-state index contributed by atoms with van der Waals surface area (Å²) in [6.45, 7) is 3.40. The molecule has 34 heavy (non-hydrogen) atoms. The van der Waals surface area contributed by atoms with E-state index in [1.54, 1.807) is 24.3 Å². The second-order valence-electron chi connectivity index (χ2n) is 10.2. The fourth-order valence-electron chi connectivity index (χ4n) is 5.68. The molecule has 4 aliphatic rings. The maximum absolute atomic E-state index is 12.9. The Balaban J connectivity index is 1.29. The van der Waals surface area contributed by atoms with Gasteiger partial charge in [-0.05, 0) is 91.8 Å². The second-order valence-corrected chi connectivity index (χ2v) is 10.6. The van der Waals surface area contributed by atoms with Crippen molar-refractivity contribution in [2.75, 3.05) is 18.4 Å². The molecule has 0 unspecified atom stereocenters. The van der Waals surface area contributed by atoms with Gasteiger partial charge in [0.2, 0.25) is 5.91 Å². The molecule has 4 fully saturated rings. The van der Waals surface area contributed by atoms with E-state index in [1.807, 2.05) is 24.0 Å². The Morgan fingerprint density at radius 3 is 2.59 bits per heavy atom. The summed E-state index contributed by atoms with van der Waals surface area (Å²) in [4.78, 5) is 27.7. The molecule has 1 heterocycles. The van der Waals surface area contributed by atoms with Crippen molar-refractivity contribution in [1.29, 1.82) is 5.26 Å². The minimum absolute atomic E-state index is 0.267. The van der Waals surface area contributed by atoms with Gasteiger partial charge in [-0.3, -0.25) is 9.59 Å². The number of rotatable bonds is 5. The molecular formula is C28H28ClN3O2. The van der Waals surface area contributed by atoms with Gasteiger partial charge in [-0.1, -0.05) is 29.3 Å². The zero-order valence-electron chi connectivity index (χ0n) is 19.4. The number of hydrogen-bond acceptors (Lipinski definition) is 3. The molecule has 1 saturated heterocycles. The van der Waals surface area contributed by atoms with E-state index in [4.69, 9.17) is 16.9 Å². The molecule has 2 aromatic rings. The van der Waals surface area contributed by atoms with Gasteiger partial charge >= 0.3 is 0 Å². The van der Waals surface area contributed by atoms with Crippen molar-refractivity contribution in [2.45, 2.75) is 45.4 Å². The minimum Gasteiger partial charge on any atom is -0.342 e. The van der Waals surface area contributed by atoms with Crippen LogP contribution in [0.3, 0.4) is 0 Å². The van der Waals surface area contributed by atoms with Gasteiger partial charge in [0.05, 0.1) is 17.3 Å². The number of piperidine rings is 1. The highest BCUT2D eigenvalue weighted by molar-refractivity contribution is 6.31. The van der Waals surface area contributed by atoms with Crippen molar-refractivity contribution in [1.82, 2.24) is 4.90 Å². The third-order valence-corrected chi connectivity index (χ3v) is 7.85. The summed E-state index contributed by atoms with van der Waals surface area (Å²) in [7, 11) is 0. The number of anilines is 1. The lowest BCUT2D eigenvalue weighted by Crippen LogP contribution is -2.54. The van der Waals surface area contributed by atoms with Gasteiger partial charge in [-0.15, -0.1) is 0 Å². The molecule has 5 nitrogen and oxygen atoms in total. The summed E-state index contributed by atoms with van der Waals surface area (Å²) in [6.07, 6.45) is 8.22. The molecular weight excluding hydrogens is 446 g/mol.